The zero-order valence-corrected chi connectivity index (χ0v) is 8.62. The summed E-state index contributed by atoms with van der Waals surface area (Å²) < 4.78 is 12.8. The highest BCUT2D eigenvalue weighted by Crippen LogP contribution is 2.10. The number of hydrogen-bond acceptors (Lipinski definition) is 2. The predicted octanol–water partition coefficient (Wildman–Crippen LogP) is 2.48. The van der Waals surface area contributed by atoms with E-state index in [0.29, 0.717) is 0 Å². The molecule has 0 radical (unpaired) electrons. The second-order valence-electron chi connectivity index (χ2n) is 2.46. The van der Waals surface area contributed by atoms with Crippen molar-refractivity contribution in [3.63, 3.8) is 0 Å². The Hall–Kier alpha value is 0.390. The lowest BCUT2D eigenvalue weighted by atomic mass is 10.3. The summed E-state index contributed by atoms with van der Waals surface area (Å²) in [5.74, 6) is 0. The molecule has 1 saturated heterocycles. The monoisotopic (exact) mass is 268 g/mol. The molecule has 0 aliphatic carbocycles. The first-order chi connectivity index (χ1) is 5.43. The SMILES string of the molecule is I/C=C/CCC1OCCCO1. The van der Waals surface area contributed by atoms with E-state index in [1.54, 1.807) is 0 Å². The van der Waals surface area contributed by atoms with Gasteiger partial charge in [-0.3, -0.25) is 0 Å². The minimum atomic E-state index is 0.0522. The molecule has 2 nitrogen and oxygen atoms in total. The lowest BCUT2D eigenvalue weighted by molar-refractivity contribution is -0.180. The van der Waals surface area contributed by atoms with Gasteiger partial charge in [0, 0.05) is 6.42 Å². The third kappa shape index (κ3) is 4.08. The van der Waals surface area contributed by atoms with E-state index in [9.17, 15) is 0 Å². The summed E-state index contributed by atoms with van der Waals surface area (Å²) in [6, 6.07) is 0. The molecule has 3 heteroatoms. The van der Waals surface area contributed by atoms with Crippen LogP contribution in [0.15, 0.2) is 10.2 Å². The van der Waals surface area contributed by atoms with E-state index in [4.69, 9.17) is 9.47 Å². The van der Waals surface area contributed by atoms with E-state index in [2.05, 4.69) is 28.7 Å². The molecule has 64 valence electrons. The van der Waals surface area contributed by atoms with Crippen molar-refractivity contribution in [2.45, 2.75) is 25.6 Å². The summed E-state index contributed by atoms with van der Waals surface area (Å²) in [4.78, 5) is 0. The van der Waals surface area contributed by atoms with Crippen LogP contribution in [0.3, 0.4) is 0 Å². The van der Waals surface area contributed by atoms with Crippen LogP contribution in [-0.2, 0) is 9.47 Å². The Labute approximate surface area is 81.1 Å². The van der Waals surface area contributed by atoms with Crippen LogP contribution in [0.4, 0.5) is 0 Å². The second-order valence-corrected chi connectivity index (χ2v) is 3.18. The summed E-state index contributed by atoms with van der Waals surface area (Å²) in [5.41, 5.74) is 0. The molecule has 0 aromatic heterocycles. The minimum Gasteiger partial charge on any atom is -0.353 e. The molecule has 1 aliphatic rings. The lowest BCUT2D eigenvalue weighted by Gasteiger charge is -2.22. The topological polar surface area (TPSA) is 18.5 Å². The Morgan fingerprint density at radius 2 is 2.09 bits per heavy atom. The molecule has 0 unspecified atom stereocenters. The molecule has 0 aromatic rings. The number of allylic oxidation sites excluding steroid dienone is 1. The first-order valence-corrected chi connectivity index (χ1v) is 5.16. The van der Waals surface area contributed by atoms with Gasteiger partial charge in [-0.1, -0.05) is 28.7 Å². The fourth-order valence-electron chi connectivity index (χ4n) is 0.999. The van der Waals surface area contributed by atoms with Crippen molar-refractivity contribution in [2.24, 2.45) is 0 Å². The highest BCUT2D eigenvalue weighted by molar-refractivity contribution is 14.1. The maximum atomic E-state index is 5.37. The molecular weight excluding hydrogens is 255 g/mol. The fourth-order valence-corrected chi connectivity index (χ4v) is 1.36. The Morgan fingerprint density at radius 1 is 1.36 bits per heavy atom. The molecule has 1 rings (SSSR count). The van der Waals surface area contributed by atoms with Gasteiger partial charge in [-0.2, -0.15) is 0 Å². The molecule has 1 aliphatic heterocycles. The highest BCUT2D eigenvalue weighted by atomic mass is 127. The fraction of sp³-hybridized carbons (Fsp3) is 0.750. The summed E-state index contributed by atoms with van der Waals surface area (Å²) in [7, 11) is 0. The first-order valence-electron chi connectivity index (χ1n) is 3.92. The van der Waals surface area contributed by atoms with Crippen LogP contribution < -0.4 is 0 Å². The Balaban J connectivity index is 2.04. The van der Waals surface area contributed by atoms with E-state index < -0.39 is 0 Å². The van der Waals surface area contributed by atoms with Crippen molar-refractivity contribution in [3.05, 3.63) is 10.2 Å². The normalized spacial score (nSPS) is 21.2. The van der Waals surface area contributed by atoms with Crippen molar-refractivity contribution >= 4 is 22.6 Å². The number of ether oxygens (including phenoxy) is 2. The summed E-state index contributed by atoms with van der Waals surface area (Å²) in [5, 5.41) is 0. The van der Waals surface area contributed by atoms with Gasteiger partial charge >= 0.3 is 0 Å². The molecule has 0 N–H and O–H groups in total. The van der Waals surface area contributed by atoms with Gasteiger partial charge in [0.15, 0.2) is 6.29 Å². The standard InChI is InChI=1S/C8H13IO2/c9-5-2-1-4-8-10-6-3-7-11-8/h2,5,8H,1,3-4,6-7H2/b5-2+. The molecule has 0 amide bonds. The number of rotatable bonds is 3. The molecule has 11 heavy (non-hydrogen) atoms. The van der Waals surface area contributed by atoms with E-state index in [1.165, 1.54) is 0 Å². The van der Waals surface area contributed by atoms with E-state index in [1.807, 2.05) is 4.08 Å². The van der Waals surface area contributed by atoms with Crippen molar-refractivity contribution in [1.82, 2.24) is 0 Å². The van der Waals surface area contributed by atoms with Crippen LogP contribution in [0, 0.1) is 0 Å². The van der Waals surface area contributed by atoms with Gasteiger partial charge < -0.3 is 9.47 Å². The van der Waals surface area contributed by atoms with Gasteiger partial charge in [-0.05, 0) is 16.9 Å². The summed E-state index contributed by atoms with van der Waals surface area (Å²) in [6.45, 7) is 1.72. The molecule has 1 fully saturated rings. The van der Waals surface area contributed by atoms with Gasteiger partial charge in [0.05, 0.1) is 13.2 Å². The van der Waals surface area contributed by atoms with Gasteiger partial charge in [0.1, 0.15) is 0 Å². The van der Waals surface area contributed by atoms with Gasteiger partial charge in [0.2, 0.25) is 0 Å². The molecule has 0 spiro atoms. The number of halogens is 1. The van der Waals surface area contributed by atoms with Crippen LogP contribution >= 0.6 is 22.6 Å². The van der Waals surface area contributed by atoms with Gasteiger partial charge in [-0.15, -0.1) is 0 Å². The third-order valence-corrected chi connectivity index (χ3v) is 2.06. The lowest BCUT2D eigenvalue weighted by Crippen LogP contribution is -2.24. The zero-order chi connectivity index (χ0) is 7.94. The summed E-state index contributed by atoms with van der Waals surface area (Å²) in [6.07, 6.45) is 5.25. The van der Waals surface area contributed by atoms with Crippen molar-refractivity contribution < 1.29 is 9.47 Å². The zero-order valence-electron chi connectivity index (χ0n) is 6.46. The van der Waals surface area contributed by atoms with Crippen LogP contribution in [0.25, 0.3) is 0 Å². The molecule has 0 aromatic carbocycles. The molecular formula is C8H13IO2. The average Bonchev–Trinajstić information content (AvgIpc) is 2.07. The largest absolute Gasteiger partial charge is 0.353 e. The Morgan fingerprint density at radius 3 is 2.73 bits per heavy atom. The van der Waals surface area contributed by atoms with Crippen molar-refractivity contribution in [3.8, 4) is 0 Å². The van der Waals surface area contributed by atoms with E-state index in [0.717, 1.165) is 32.5 Å². The van der Waals surface area contributed by atoms with Gasteiger partial charge in [-0.25, -0.2) is 0 Å². The smallest absolute Gasteiger partial charge is 0.157 e. The molecule has 0 bridgehead atoms. The average molecular weight is 268 g/mol. The maximum Gasteiger partial charge on any atom is 0.157 e. The molecule has 0 atom stereocenters. The van der Waals surface area contributed by atoms with Crippen LogP contribution in [0.1, 0.15) is 19.3 Å². The van der Waals surface area contributed by atoms with Gasteiger partial charge in [0.25, 0.3) is 0 Å². The minimum absolute atomic E-state index is 0.0522. The first kappa shape index (κ1) is 9.48. The predicted molar refractivity (Wildman–Crippen MR) is 52.7 cm³/mol. The van der Waals surface area contributed by atoms with E-state index >= 15 is 0 Å². The van der Waals surface area contributed by atoms with Crippen LogP contribution in [0.5, 0.6) is 0 Å². The molecule has 0 saturated carbocycles. The summed E-state index contributed by atoms with van der Waals surface area (Å²) >= 11 is 2.22. The maximum absolute atomic E-state index is 5.37. The quantitative estimate of drug-likeness (QED) is 0.732. The number of hydrogen-bond donors (Lipinski definition) is 0. The van der Waals surface area contributed by atoms with Crippen molar-refractivity contribution in [2.75, 3.05) is 13.2 Å². The highest BCUT2D eigenvalue weighted by Gasteiger charge is 2.11. The van der Waals surface area contributed by atoms with Crippen LogP contribution in [0.2, 0.25) is 0 Å². The van der Waals surface area contributed by atoms with Crippen LogP contribution in [-0.4, -0.2) is 19.5 Å². The second kappa shape index (κ2) is 5.97. The van der Waals surface area contributed by atoms with E-state index in [-0.39, 0.29) is 6.29 Å². The Bertz CT molecular complexity index is 119. The Kier molecular flexibility index (Phi) is 5.14. The molecule has 1 heterocycles. The van der Waals surface area contributed by atoms with Crippen molar-refractivity contribution in [1.29, 1.82) is 0 Å². The third-order valence-electron chi connectivity index (χ3n) is 1.55.